The first-order valence-corrected chi connectivity index (χ1v) is 5.65. The van der Waals surface area contributed by atoms with Crippen LogP contribution in [0, 0.1) is 0 Å². The van der Waals surface area contributed by atoms with Crippen LogP contribution >= 0.6 is 0 Å². The molecule has 0 aliphatic carbocycles. The standard InChI is InChI=1S/C13H17NO2/c1-9(2)10-3-5-11(6-4-10)12-7-14-13(15)8-16-12/h3-6,9,12H,7-8H2,1-2H3,(H,14,15)/t12-/m1/s1. The van der Waals surface area contributed by atoms with Crippen molar-refractivity contribution in [2.24, 2.45) is 0 Å². The Hall–Kier alpha value is -1.35. The molecule has 0 aromatic heterocycles. The molecule has 0 spiro atoms. The van der Waals surface area contributed by atoms with Gasteiger partial charge in [-0.2, -0.15) is 0 Å². The molecule has 1 aromatic rings. The van der Waals surface area contributed by atoms with Gasteiger partial charge in [-0.3, -0.25) is 4.79 Å². The number of carbonyl (C=O) groups is 1. The van der Waals surface area contributed by atoms with Gasteiger partial charge in [0.25, 0.3) is 0 Å². The zero-order chi connectivity index (χ0) is 11.5. The molecule has 1 saturated heterocycles. The highest BCUT2D eigenvalue weighted by atomic mass is 16.5. The Morgan fingerprint density at radius 2 is 2.00 bits per heavy atom. The van der Waals surface area contributed by atoms with Crippen molar-refractivity contribution < 1.29 is 9.53 Å². The molecule has 3 nitrogen and oxygen atoms in total. The molecule has 1 fully saturated rings. The molecule has 2 rings (SSSR count). The van der Waals surface area contributed by atoms with Crippen LogP contribution in [0.5, 0.6) is 0 Å². The Balaban J connectivity index is 2.07. The van der Waals surface area contributed by atoms with Crippen molar-refractivity contribution >= 4 is 5.91 Å². The van der Waals surface area contributed by atoms with E-state index < -0.39 is 0 Å². The molecular formula is C13H17NO2. The molecule has 3 heteroatoms. The van der Waals surface area contributed by atoms with Gasteiger partial charge in [-0.25, -0.2) is 0 Å². The summed E-state index contributed by atoms with van der Waals surface area (Å²) in [6, 6.07) is 8.41. The lowest BCUT2D eigenvalue weighted by Gasteiger charge is -2.23. The van der Waals surface area contributed by atoms with Crippen LogP contribution in [0.25, 0.3) is 0 Å². The van der Waals surface area contributed by atoms with Crippen molar-refractivity contribution in [3.05, 3.63) is 35.4 Å². The number of rotatable bonds is 2. The molecule has 0 unspecified atom stereocenters. The Kier molecular flexibility index (Phi) is 3.25. The zero-order valence-electron chi connectivity index (χ0n) is 9.69. The van der Waals surface area contributed by atoms with E-state index in [9.17, 15) is 4.79 Å². The quantitative estimate of drug-likeness (QED) is 0.826. The van der Waals surface area contributed by atoms with Crippen molar-refractivity contribution in [2.75, 3.05) is 13.2 Å². The first-order chi connectivity index (χ1) is 7.66. The van der Waals surface area contributed by atoms with E-state index in [1.807, 2.05) is 0 Å². The second-order valence-electron chi connectivity index (χ2n) is 4.43. The van der Waals surface area contributed by atoms with Crippen molar-refractivity contribution in [3.8, 4) is 0 Å². The molecule has 1 amide bonds. The van der Waals surface area contributed by atoms with Crippen LogP contribution in [0.15, 0.2) is 24.3 Å². The SMILES string of the molecule is CC(C)c1ccc([C@H]2CNC(=O)CO2)cc1. The van der Waals surface area contributed by atoms with Gasteiger partial charge in [0.15, 0.2) is 0 Å². The van der Waals surface area contributed by atoms with E-state index in [1.54, 1.807) is 0 Å². The molecule has 1 atom stereocenters. The third-order valence-electron chi connectivity index (χ3n) is 2.88. The third kappa shape index (κ3) is 2.42. The van der Waals surface area contributed by atoms with Gasteiger partial charge in [0.2, 0.25) is 5.91 Å². The molecule has 1 heterocycles. The number of morpholine rings is 1. The summed E-state index contributed by atoms with van der Waals surface area (Å²) < 4.78 is 5.46. The van der Waals surface area contributed by atoms with E-state index in [1.165, 1.54) is 5.56 Å². The van der Waals surface area contributed by atoms with Crippen LogP contribution in [0.3, 0.4) is 0 Å². The van der Waals surface area contributed by atoms with Gasteiger partial charge in [-0.05, 0) is 17.0 Å². The van der Waals surface area contributed by atoms with E-state index in [0.717, 1.165) is 5.56 Å². The topological polar surface area (TPSA) is 38.3 Å². The lowest BCUT2D eigenvalue weighted by atomic mass is 10.00. The summed E-state index contributed by atoms with van der Waals surface area (Å²) in [5.41, 5.74) is 2.45. The first-order valence-electron chi connectivity index (χ1n) is 5.65. The fourth-order valence-corrected chi connectivity index (χ4v) is 1.80. The van der Waals surface area contributed by atoms with Gasteiger partial charge in [-0.1, -0.05) is 38.1 Å². The molecule has 1 aromatic carbocycles. The summed E-state index contributed by atoms with van der Waals surface area (Å²) in [6.07, 6.45) is -0.00101. The van der Waals surface area contributed by atoms with Crippen molar-refractivity contribution in [1.29, 1.82) is 0 Å². The maximum atomic E-state index is 10.9. The van der Waals surface area contributed by atoms with Gasteiger partial charge < -0.3 is 10.1 Å². The smallest absolute Gasteiger partial charge is 0.246 e. The van der Waals surface area contributed by atoms with Gasteiger partial charge in [0.1, 0.15) is 12.7 Å². The number of hydrogen-bond acceptors (Lipinski definition) is 2. The number of benzene rings is 1. The van der Waals surface area contributed by atoms with Crippen LogP contribution < -0.4 is 5.32 Å². The number of nitrogens with one attached hydrogen (secondary N) is 1. The summed E-state index contributed by atoms with van der Waals surface area (Å²) in [5.74, 6) is 0.510. The highest BCUT2D eigenvalue weighted by Gasteiger charge is 2.19. The average molecular weight is 219 g/mol. The predicted molar refractivity (Wildman–Crippen MR) is 62.2 cm³/mol. The fourth-order valence-electron chi connectivity index (χ4n) is 1.80. The van der Waals surface area contributed by atoms with Crippen LogP contribution in [-0.4, -0.2) is 19.1 Å². The van der Waals surface area contributed by atoms with Crippen LogP contribution in [0.2, 0.25) is 0 Å². The minimum Gasteiger partial charge on any atom is -0.362 e. The maximum Gasteiger partial charge on any atom is 0.246 e. The Labute approximate surface area is 95.8 Å². The summed E-state index contributed by atoms with van der Waals surface area (Å²) in [4.78, 5) is 10.9. The molecule has 1 aliphatic rings. The lowest BCUT2D eigenvalue weighted by Crippen LogP contribution is -2.38. The van der Waals surface area contributed by atoms with E-state index in [0.29, 0.717) is 12.5 Å². The molecule has 16 heavy (non-hydrogen) atoms. The number of hydrogen-bond donors (Lipinski definition) is 1. The van der Waals surface area contributed by atoms with Gasteiger partial charge in [0, 0.05) is 6.54 Å². The molecule has 1 aliphatic heterocycles. The molecule has 0 radical (unpaired) electrons. The lowest BCUT2D eigenvalue weighted by molar-refractivity contribution is -0.133. The van der Waals surface area contributed by atoms with Gasteiger partial charge in [0.05, 0.1) is 0 Å². The highest BCUT2D eigenvalue weighted by molar-refractivity contribution is 5.77. The Morgan fingerprint density at radius 3 is 2.50 bits per heavy atom. The van der Waals surface area contributed by atoms with Crippen LogP contribution in [0.4, 0.5) is 0 Å². The van der Waals surface area contributed by atoms with E-state index in [4.69, 9.17) is 4.74 Å². The molecular weight excluding hydrogens is 202 g/mol. The molecule has 0 bridgehead atoms. The van der Waals surface area contributed by atoms with E-state index in [-0.39, 0.29) is 18.6 Å². The summed E-state index contributed by atoms with van der Waals surface area (Å²) >= 11 is 0. The Bertz CT molecular complexity index is 360. The number of carbonyl (C=O) groups excluding carboxylic acids is 1. The second-order valence-corrected chi connectivity index (χ2v) is 4.43. The minimum atomic E-state index is -0.0324. The predicted octanol–water partition coefficient (Wildman–Crippen LogP) is 2.00. The van der Waals surface area contributed by atoms with Crippen molar-refractivity contribution in [3.63, 3.8) is 0 Å². The summed E-state index contributed by atoms with van der Waals surface area (Å²) in [7, 11) is 0. The molecule has 86 valence electrons. The first kappa shape index (κ1) is 11.1. The van der Waals surface area contributed by atoms with Gasteiger partial charge >= 0.3 is 0 Å². The molecule has 0 saturated carbocycles. The van der Waals surface area contributed by atoms with E-state index >= 15 is 0 Å². The highest BCUT2D eigenvalue weighted by Crippen LogP contribution is 2.21. The third-order valence-corrected chi connectivity index (χ3v) is 2.88. The minimum absolute atomic E-state index is 0.00101. The van der Waals surface area contributed by atoms with Crippen LogP contribution in [0.1, 0.15) is 37.0 Å². The fraction of sp³-hybridized carbons (Fsp3) is 0.462. The largest absolute Gasteiger partial charge is 0.362 e. The Morgan fingerprint density at radius 1 is 1.31 bits per heavy atom. The summed E-state index contributed by atoms with van der Waals surface area (Å²) in [6.45, 7) is 5.08. The normalized spacial score (nSPS) is 20.9. The number of amides is 1. The van der Waals surface area contributed by atoms with Crippen LogP contribution in [-0.2, 0) is 9.53 Å². The monoisotopic (exact) mass is 219 g/mol. The van der Waals surface area contributed by atoms with Crippen molar-refractivity contribution in [2.45, 2.75) is 25.9 Å². The van der Waals surface area contributed by atoms with Crippen molar-refractivity contribution in [1.82, 2.24) is 5.32 Å². The zero-order valence-corrected chi connectivity index (χ0v) is 9.69. The van der Waals surface area contributed by atoms with E-state index in [2.05, 4.69) is 43.4 Å². The average Bonchev–Trinajstić information content (AvgIpc) is 2.30. The molecule has 1 N–H and O–H groups in total. The maximum absolute atomic E-state index is 10.9. The number of ether oxygens (including phenoxy) is 1. The second kappa shape index (κ2) is 4.66. The van der Waals surface area contributed by atoms with Gasteiger partial charge in [-0.15, -0.1) is 0 Å². The summed E-state index contributed by atoms with van der Waals surface area (Å²) in [5, 5.41) is 2.80.